The number of carbonyl (C=O) groups is 1. The van der Waals surface area contributed by atoms with Gasteiger partial charge in [0.25, 0.3) is 5.69 Å². The van der Waals surface area contributed by atoms with Crippen LogP contribution < -0.4 is 5.32 Å². The molecule has 150 valence electrons. The van der Waals surface area contributed by atoms with Crippen LogP contribution in [-0.4, -0.2) is 31.3 Å². The summed E-state index contributed by atoms with van der Waals surface area (Å²) in [5.41, 5.74) is 2.34. The number of nitro benzene ring substituents is 1. The molecule has 0 spiro atoms. The maximum atomic E-state index is 12.3. The van der Waals surface area contributed by atoms with Crippen LogP contribution in [0.25, 0.3) is 0 Å². The van der Waals surface area contributed by atoms with Crippen LogP contribution in [0.4, 0.5) is 11.4 Å². The number of hydrogen-bond acceptors (Lipinski definition) is 6. The molecule has 0 aliphatic heterocycles. The molecule has 1 amide bonds. The van der Waals surface area contributed by atoms with Crippen molar-refractivity contribution >= 4 is 29.0 Å². The highest BCUT2D eigenvalue weighted by Gasteiger charge is 2.15. The minimum Gasteiger partial charge on any atom is -0.325 e. The van der Waals surface area contributed by atoms with E-state index in [1.54, 1.807) is 13.0 Å². The number of thioether (sulfide) groups is 1. The van der Waals surface area contributed by atoms with Gasteiger partial charge in [0, 0.05) is 30.8 Å². The van der Waals surface area contributed by atoms with Gasteiger partial charge in [-0.15, -0.1) is 10.2 Å². The van der Waals surface area contributed by atoms with E-state index in [0.29, 0.717) is 29.4 Å². The SMILES string of the molecule is CCn1c(Cc2ccccc2)nnc1SCC(=O)Nc1ccc([N+](=O)[O-])cc1C. The van der Waals surface area contributed by atoms with Crippen LogP contribution in [0.3, 0.4) is 0 Å². The number of non-ortho nitro benzene ring substituents is 1. The fourth-order valence-corrected chi connectivity index (χ4v) is 3.69. The van der Waals surface area contributed by atoms with Crippen LogP contribution in [0.1, 0.15) is 23.9 Å². The van der Waals surface area contributed by atoms with E-state index < -0.39 is 4.92 Å². The second kappa shape index (κ2) is 9.33. The second-order valence-electron chi connectivity index (χ2n) is 6.40. The molecule has 0 fully saturated rings. The zero-order valence-corrected chi connectivity index (χ0v) is 17.0. The Morgan fingerprint density at radius 2 is 1.97 bits per heavy atom. The summed E-state index contributed by atoms with van der Waals surface area (Å²) in [7, 11) is 0. The molecule has 0 atom stereocenters. The largest absolute Gasteiger partial charge is 0.325 e. The van der Waals surface area contributed by atoms with Gasteiger partial charge in [0.05, 0.1) is 10.7 Å². The molecule has 2 aromatic carbocycles. The molecule has 1 aromatic heterocycles. The normalized spacial score (nSPS) is 10.7. The number of aryl methyl sites for hydroxylation is 1. The highest BCUT2D eigenvalue weighted by Crippen LogP contribution is 2.23. The number of nitrogens with zero attached hydrogens (tertiary/aromatic N) is 4. The molecule has 8 nitrogen and oxygen atoms in total. The first-order valence-corrected chi connectivity index (χ1v) is 10.1. The van der Waals surface area contributed by atoms with Crippen molar-refractivity contribution in [3.8, 4) is 0 Å². The smallest absolute Gasteiger partial charge is 0.269 e. The summed E-state index contributed by atoms with van der Waals surface area (Å²) in [5, 5.41) is 22.8. The number of carbonyl (C=O) groups excluding carboxylic acids is 1. The number of amides is 1. The van der Waals surface area contributed by atoms with Crippen molar-refractivity contribution < 1.29 is 9.72 Å². The average Bonchev–Trinajstić information content (AvgIpc) is 3.10. The Labute approximate surface area is 172 Å². The Hall–Kier alpha value is -3.20. The van der Waals surface area contributed by atoms with Gasteiger partial charge < -0.3 is 9.88 Å². The highest BCUT2D eigenvalue weighted by atomic mass is 32.2. The third kappa shape index (κ3) is 5.20. The van der Waals surface area contributed by atoms with E-state index >= 15 is 0 Å². The third-order valence-electron chi connectivity index (χ3n) is 4.34. The Morgan fingerprint density at radius 3 is 2.62 bits per heavy atom. The summed E-state index contributed by atoms with van der Waals surface area (Å²) in [6.45, 7) is 4.45. The summed E-state index contributed by atoms with van der Waals surface area (Å²) in [4.78, 5) is 22.7. The summed E-state index contributed by atoms with van der Waals surface area (Å²) < 4.78 is 2.00. The quantitative estimate of drug-likeness (QED) is 0.343. The van der Waals surface area contributed by atoms with Crippen LogP contribution >= 0.6 is 11.8 Å². The first-order chi connectivity index (χ1) is 14.0. The monoisotopic (exact) mass is 411 g/mol. The number of rotatable bonds is 8. The maximum Gasteiger partial charge on any atom is 0.269 e. The highest BCUT2D eigenvalue weighted by molar-refractivity contribution is 7.99. The summed E-state index contributed by atoms with van der Waals surface area (Å²) in [5.74, 6) is 0.815. The Kier molecular flexibility index (Phi) is 6.61. The van der Waals surface area contributed by atoms with Gasteiger partial charge in [-0.05, 0) is 31.0 Å². The average molecular weight is 411 g/mol. The zero-order chi connectivity index (χ0) is 20.8. The summed E-state index contributed by atoms with van der Waals surface area (Å²) in [6.07, 6.45) is 0.677. The third-order valence-corrected chi connectivity index (χ3v) is 5.31. The Bertz CT molecular complexity index is 1020. The van der Waals surface area contributed by atoms with Gasteiger partial charge >= 0.3 is 0 Å². The van der Waals surface area contributed by atoms with Crippen molar-refractivity contribution in [2.24, 2.45) is 0 Å². The topological polar surface area (TPSA) is 103 Å². The van der Waals surface area contributed by atoms with Crippen molar-refractivity contribution in [3.05, 3.63) is 75.6 Å². The first-order valence-electron chi connectivity index (χ1n) is 9.11. The van der Waals surface area contributed by atoms with Gasteiger partial charge in [0.2, 0.25) is 5.91 Å². The van der Waals surface area contributed by atoms with Gasteiger partial charge in [-0.2, -0.15) is 0 Å². The fourth-order valence-electron chi connectivity index (χ4n) is 2.87. The van der Waals surface area contributed by atoms with Gasteiger partial charge in [0.15, 0.2) is 5.16 Å². The molecule has 0 radical (unpaired) electrons. The number of hydrogen-bond donors (Lipinski definition) is 1. The van der Waals surface area contributed by atoms with Gasteiger partial charge in [-0.25, -0.2) is 0 Å². The van der Waals surface area contributed by atoms with Crippen LogP contribution in [0, 0.1) is 17.0 Å². The minimum absolute atomic E-state index is 0.00290. The van der Waals surface area contributed by atoms with E-state index in [1.807, 2.05) is 41.8 Å². The van der Waals surface area contributed by atoms with E-state index in [1.165, 1.54) is 23.9 Å². The lowest BCUT2D eigenvalue weighted by molar-refractivity contribution is -0.384. The number of anilines is 1. The lowest BCUT2D eigenvalue weighted by atomic mass is 10.1. The Morgan fingerprint density at radius 1 is 1.21 bits per heavy atom. The molecule has 0 aliphatic rings. The predicted molar refractivity (Wildman–Crippen MR) is 112 cm³/mol. The fraction of sp³-hybridized carbons (Fsp3) is 0.250. The standard InChI is InChI=1S/C20H21N5O3S/c1-3-24-18(12-15-7-5-4-6-8-15)22-23-20(24)29-13-19(26)21-17-10-9-16(25(27)28)11-14(17)2/h4-11H,3,12-13H2,1-2H3,(H,21,26). The lowest BCUT2D eigenvalue weighted by Gasteiger charge is -2.09. The van der Waals surface area contributed by atoms with E-state index in [4.69, 9.17) is 0 Å². The van der Waals surface area contributed by atoms with Crippen molar-refractivity contribution in [2.45, 2.75) is 32.0 Å². The van der Waals surface area contributed by atoms with Crippen molar-refractivity contribution in [1.82, 2.24) is 14.8 Å². The first kappa shape index (κ1) is 20.5. The molecular weight excluding hydrogens is 390 g/mol. The van der Waals surface area contributed by atoms with Crippen molar-refractivity contribution in [1.29, 1.82) is 0 Å². The zero-order valence-electron chi connectivity index (χ0n) is 16.2. The number of nitrogens with one attached hydrogen (secondary N) is 1. The molecule has 0 bridgehead atoms. The molecule has 9 heteroatoms. The molecule has 29 heavy (non-hydrogen) atoms. The number of benzene rings is 2. The van der Waals surface area contributed by atoms with Crippen LogP contribution in [-0.2, 0) is 17.8 Å². The van der Waals surface area contributed by atoms with Crippen molar-refractivity contribution in [2.75, 3.05) is 11.1 Å². The summed E-state index contributed by atoms with van der Waals surface area (Å²) >= 11 is 1.31. The molecule has 0 unspecified atom stereocenters. The molecule has 1 N–H and O–H groups in total. The maximum absolute atomic E-state index is 12.3. The second-order valence-corrected chi connectivity index (χ2v) is 7.34. The van der Waals surface area contributed by atoms with E-state index in [-0.39, 0.29) is 17.3 Å². The van der Waals surface area contributed by atoms with Crippen LogP contribution in [0.5, 0.6) is 0 Å². The molecular formula is C20H21N5O3S. The van der Waals surface area contributed by atoms with Crippen LogP contribution in [0.15, 0.2) is 53.7 Å². The van der Waals surface area contributed by atoms with Gasteiger partial charge in [-0.1, -0.05) is 42.1 Å². The predicted octanol–water partition coefficient (Wildman–Crippen LogP) is 3.84. The van der Waals surface area contributed by atoms with E-state index in [0.717, 1.165) is 11.4 Å². The number of aromatic nitrogens is 3. The molecule has 0 saturated carbocycles. The van der Waals surface area contributed by atoms with Crippen molar-refractivity contribution in [3.63, 3.8) is 0 Å². The minimum atomic E-state index is -0.459. The molecule has 0 saturated heterocycles. The van der Waals surface area contributed by atoms with Crippen LogP contribution in [0.2, 0.25) is 0 Å². The van der Waals surface area contributed by atoms with Gasteiger partial charge in [0.1, 0.15) is 5.82 Å². The Balaban J connectivity index is 1.62. The summed E-state index contributed by atoms with van der Waals surface area (Å²) in [6, 6.07) is 14.4. The van der Waals surface area contributed by atoms with Gasteiger partial charge in [-0.3, -0.25) is 14.9 Å². The molecule has 1 heterocycles. The number of nitro groups is 1. The molecule has 0 aliphatic carbocycles. The lowest BCUT2D eigenvalue weighted by Crippen LogP contribution is -2.15. The van der Waals surface area contributed by atoms with E-state index in [9.17, 15) is 14.9 Å². The molecule has 3 rings (SSSR count). The van der Waals surface area contributed by atoms with E-state index in [2.05, 4.69) is 15.5 Å². The molecule has 3 aromatic rings.